The van der Waals surface area contributed by atoms with E-state index in [9.17, 15) is 9.59 Å². The van der Waals surface area contributed by atoms with Crippen molar-refractivity contribution in [2.75, 3.05) is 45.2 Å². The van der Waals surface area contributed by atoms with E-state index in [1.165, 1.54) is 0 Å². The molecule has 2 aliphatic heterocycles. The molecule has 6 nitrogen and oxygen atoms in total. The predicted octanol–water partition coefficient (Wildman–Crippen LogP) is 2.01. The molecule has 2 amide bonds. The van der Waals surface area contributed by atoms with Gasteiger partial charge in [0.25, 0.3) is 5.91 Å². The van der Waals surface area contributed by atoms with E-state index in [1.807, 2.05) is 40.9 Å². The van der Waals surface area contributed by atoms with Gasteiger partial charge in [0.2, 0.25) is 5.91 Å². The molecule has 0 saturated carbocycles. The summed E-state index contributed by atoms with van der Waals surface area (Å²) in [4.78, 5) is 35.8. The number of aromatic nitrogens is 1. The van der Waals surface area contributed by atoms with Gasteiger partial charge in [0.15, 0.2) is 0 Å². The number of carbonyl (C=O) groups excluding carboxylic acids is 2. The van der Waals surface area contributed by atoms with E-state index < -0.39 is 0 Å². The van der Waals surface area contributed by atoms with Crippen molar-refractivity contribution >= 4 is 17.6 Å². The molecule has 136 valence electrons. The Morgan fingerprint density at radius 1 is 1.28 bits per heavy atom. The zero-order chi connectivity index (χ0) is 18.0. The molecule has 0 unspecified atom stereocenters. The lowest BCUT2D eigenvalue weighted by molar-refractivity contribution is -0.145. The number of carbonyl (C=O) groups is 2. The van der Waals surface area contributed by atoms with Crippen molar-refractivity contribution in [1.29, 1.82) is 0 Å². The molecule has 3 heterocycles. The average molecular weight is 344 g/mol. The summed E-state index contributed by atoms with van der Waals surface area (Å²) in [5.74, 6) is 1.05. The van der Waals surface area contributed by atoms with Crippen molar-refractivity contribution in [3.8, 4) is 0 Å². The first-order valence-electron chi connectivity index (χ1n) is 9.19. The Bertz CT molecular complexity index is 641. The van der Waals surface area contributed by atoms with E-state index in [0.29, 0.717) is 18.7 Å². The number of rotatable bonds is 4. The largest absolute Gasteiger partial charge is 0.363 e. The minimum Gasteiger partial charge on any atom is -0.363 e. The lowest BCUT2D eigenvalue weighted by Crippen LogP contribution is -2.50. The Morgan fingerprint density at radius 2 is 2.08 bits per heavy atom. The topological polar surface area (TPSA) is 56.8 Å². The average Bonchev–Trinajstić information content (AvgIpc) is 3.04. The maximum absolute atomic E-state index is 12.9. The Hall–Kier alpha value is -2.11. The van der Waals surface area contributed by atoms with E-state index in [1.54, 1.807) is 6.20 Å². The first kappa shape index (κ1) is 17.7. The van der Waals surface area contributed by atoms with Crippen molar-refractivity contribution in [2.24, 2.45) is 5.41 Å². The SMILES string of the molecule is CCCN1CCC[C@@]2(CCN(C(=O)c3ccc(N(C)C)nc3)C2)C1=O. The molecule has 1 atom stereocenters. The van der Waals surface area contributed by atoms with Crippen LogP contribution < -0.4 is 4.90 Å². The molecule has 0 aliphatic carbocycles. The Balaban J connectivity index is 1.71. The molecule has 2 aliphatic rings. The third-order valence-electron chi connectivity index (χ3n) is 5.41. The van der Waals surface area contributed by atoms with Crippen LogP contribution in [-0.2, 0) is 4.79 Å². The van der Waals surface area contributed by atoms with Crippen LogP contribution in [0.25, 0.3) is 0 Å². The van der Waals surface area contributed by atoms with Gasteiger partial charge in [0.1, 0.15) is 5.82 Å². The third kappa shape index (κ3) is 3.34. The third-order valence-corrected chi connectivity index (χ3v) is 5.41. The molecule has 3 rings (SSSR count). The number of nitrogens with zero attached hydrogens (tertiary/aromatic N) is 4. The summed E-state index contributed by atoms with van der Waals surface area (Å²) in [6.07, 6.45) is 5.32. The molecule has 0 bridgehead atoms. The molecule has 2 fully saturated rings. The maximum atomic E-state index is 12.9. The van der Waals surface area contributed by atoms with Gasteiger partial charge in [0, 0.05) is 46.5 Å². The number of likely N-dealkylation sites (tertiary alicyclic amines) is 2. The number of amides is 2. The second-order valence-electron chi connectivity index (χ2n) is 7.45. The molecule has 0 radical (unpaired) electrons. The predicted molar refractivity (Wildman–Crippen MR) is 97.6 cm³/mol. The first-order chi connectivity index (χ1) is 12.0. The van der Waals surface area contributed by atoms with Gasteiger partial charge in [-0.05, 0) is 37.8 Å². The number of hydrogen-bond donors (Lipinski definition) is 0. The van der Waals surface area contributed by atoms with Gasteiger partial charge < -0.3 is 14.7 Å². The number of pyridine rings is 1. The summed E-state index contributed by atoms with van der Waals surface area (Å²) >= 11 is 0. The van der Waals surface area contributed by atoms with Gasteiger partial charge in [-0.1, -0.05) is 6.92 Å². The number of hydrogen-bond acceptors (Lipinski definition) is 4. The van der Waals surface area contributed by atoms with Crippen molar-refractivity contribution in [2.45, 2.75) is 32.6 Å². The van der Waals surface area contributed by atoms with Crippen LogP contribution in [0.3, 0.4) is 0 Å². The highest BCUT2D eigenvalue weighted by atomic mass is 16.2. The Morgan fingerprint density at radius 3 is 2.72 bits per heavy atom. The van der Waals surface area contributed by atoms with Crippen LogP contribution >= 0.6 is 0 Å². The molecule has 1 aromatic heterocycles. The molecular formula is C19H28N4O2. The van der Waals surface area contributed by atoms with Crippen molar-refractivity contribution in [3.05, 3.63) is 23.9 Å². The van der Waals surface area contributed by atoms with Gasteiger partial charge >= 0.3 is 0 Å². The molecule has 25 heavy (non-hydrogen) atoms. The summed E-state index contributed by atoms with van der Waals surface area (Å²) in [6, 6.07) is 3.68. The minimum atomic E-state index is -0.361. The molecular weight excluding hydrogens is 316 g/mol. The lowest BCUT2D eigenvalue weighted by Gasteiger charge is -2.39. The lowest BCUT2D eigenvalue weighted by atomic mass is 9.78. The summed E-state index contributed by atoms with van der Waals surface area (Å²) < 4.78 is 0. The smallest absolute Gasteiger partial charge is 0.255 e. The van der Waals surface area contributed by atoms with Crippen LogP contribution in [-0.4, -0.2) is 66.9 Å². The highest BCUT2D eigenvalue weighted by Crippen LogP contribution is 2.40. The van der Waals surface area contributed by atoms with Gasteiger partial charge in [-0.2, -0.15) is 0 Å². The van der Waals surface area contributed by atoms with Gasteiger partial charge in [-0.25, -0.2) is 4.98 Å². The summed E-state index contributed by atoms with van der Waals surface area (Å²) in [5.41, 5.74) is 0.233. The van der Waals surface area contributed by atoms with E-state index in [-0.39, 0.29) is 17.2 Å². The van der Waals surface area contributed by atoms with Crippen LogP contribution in [0.5, 0.6) is 0 Å². The van der Waals surface area contributed by atoms with E-state index in [0.717, 1.165) is 44.6 Å². The summed E-state index contributed by atoms with van der Waals surface area (Å²) in [6.45, 7) is 4.98. The first-order valence-corrected chi connectivity index (χ1v) is 9.19. The van der Waals surface area contributed by atoms with Crippen molar-refractivity contribution in [3.63, 3.8) is 0 Å². The highest BCUT2D eigenvalue weighted by Gasteiger charge is 2.49. The van der Waals surface area contributed by atoms with Crippen LogP contribution in [0.1, 0.15) is 43.0 Å². The highest BCUT2D eigenvalue weighted by molar-refractivity contribution is 5.95. The normalized spacial score (nSPS) is 23.4. The van der Waals surface area contributed by atoms with E-state index in [4.69, 9.17) is 0 Å². The monoisotopic (exact) mass is 344 g/mol. The molecule has 1 aromatic rings. The summed E-state index contributed by atoms with van der Waals surface area (Å²) in [5, 5.41) is 0. The molecule has 1 spiro atoms. The standard InChI is InChI=1S/C19H28N4O2/c1-4-10-22-11-5-8-19(18(22)25)9-12-23(14-19)17(24)15-6-7-16(20-13-15)21(2)3/h6-7,13H,4-5,8-12,14H2,1-3H3/t19-/m0/s1. The molecule has 2 saturated heterocycles. The fourth-order valence-corrected chi connectivity index (χ4v) is 4.02. The van der Waals surface area contributed by atoms with Crippen LogP contribution in [0.15, 0.2) is 18.3 Å². The van der Waals surface area contributed by atoms with Crippen molar-refractivity contribution < 1.29 is 9.59 Å². The van der Waals surface area contributed by atoms with Crippen LogP contribution in [0, 0.1) is 5.41 Å². The Kier molecular flexibility index (Phi) is 4.97. The van der Waals surface area contributed by atoms with E-state index >= 15 is 0 Å². The zero-order valence-corrected chi connectivity index (χ0v) is 15.5. The van der Waals surface area contributed by atoms with Gasteiger partial charge in [-0.15, -0.1) is 0 Å². The van der Waals surface area contributed by atoms with Crippen molar-refractivity contribution in [1.82, 2.24) is 14.8 Å². The van der Waals surface area contributed by atoms with Gasteiger partial charge in [-0.3, -0.25) is 9.59 Å². The number of piperidine rings is 1. The zero-order valence-electron chi connectivity index (χ0n) is 15.5. The van der Waals surface area contributed by atoms with Crippen LogP contribution in [0.4, 0.5) is 5.82 Å². The summed E-state index contributed by atoms with van der Waals surface area (Å²) in [7, 11) is 3.84. The molecule has 6 heteroatoms. The second kappa shape index (κ2) is 7.02. The fourth-order valence-electron chi connectivity index (χ4n) is 4.02. The fraction of sp³-hybridized carbons (Fsp3) is 0.632. The molecule has 0 N–H and O–H groups in total. The van der Waals surface area contributed by atoms with E-state index in [2.05, 4.69) is 11.9 Å². The molecule has 0 aromatic carbocycles. The maximum Gasteiger partial charge on any atom is 0.255 e. The number of anilines is 1. The Labute approximate surface area is 149 Å². The quantitative estimate of drug-likeness (QED) is 0.838. The van der Waals surface area contributed by atoms with Crippen LogP contribution in [0.2, 0.25) is 0 Å². The minimum absolute atomic E-state index is 0.0184. The second-order valence-corrected chi connectivity index (χ2v) is 7.45. The van der Waals surface area contributed by atoms with Gasteiger partial charge in [0.05, 0.1) is 11.0 Å².